The van der Waals surface area contributed by atoms with Crippen molar-refractivity contribution in [3.63, 3.8) is 0 Å². The molecule has 0 radical (unpaired) electrons. The Morgan fingerprint density at radius 3 is 2.41 bits per heavy atom. The van der Waals surface area contributed by atoms with Gasteiger partial charge in [0, 0.05) is 6.42 Å². The number of carboxylic acid groups (broad SMARTS) is 1. The van der Waals surface area contributed by atoms with Gasteiger partial charge in [-0.2, -0.15) is 0 Å². The highest BCUT2D eigenvalue weighted by Gasteiger charge is 2.62. The van der Waals surface area contributed by atoms with Gasteiger partial charge in [0.05, 0.1) is 12.2 Å². The third-order valence-electron chi connectivity index (χ3n) is 10.7. The van der Waals surface area contributed by atoms with E-state index in [2.05, 4.69) is 26.1 Å². The molecule has 4 saturated carbocycles. The first-order valence-corrected chi connectivity index (χ1v) is 12.9. The van der Waals surface area contributed by atoms with Gasteiger partial charge in [0.25, 0.3) is 0 Å². The number of amides is 1. The van der Waals surface area contributed by atoms with E-state index in [1.165, 1.54) is 12.8 Å². The zero-order valence-electron chi connectivity index (χ0n) is 20.1. The second kappa shape index (κ2) is 8.90. The van der Waals surface area contributed by atoms with Gasteiger partial charge in [-0.1, -0.05) is 20.8 Å². The molecule has 6 nitrogen and oxygen atoms in total. The molecule has 4 aliphatic carbocycles. The second-order valence-electron chi connectivity index (χ2n) is 12.1. The minimum absolute atomic E-state index is 0.177. The smallest absolute Gasteiger partial charge is 0.322 e. The van der Waals surface area contributed by atoms with E-state index in [9.17, 15) is 19.8 Å². The largest absolute Gasteiger partial charge is 0.480 e. The molecule has 4 rings (SSSR count). The Morgan fingerprint density at radius 1 is 1.00 bits per heavy atom. The van der Waals surface area contributed by atoms with E-state index in [-0.39, 0.29) is 35.5 Å². The van der Waals surface area contributed by atoms with Gasteiger partial charge in [0.1, 0.15) is 6.54 Å². The van der Waals surface area contributed by atoms with Crippen molar-refractivity contribution < 1.29 is 24.9 Å². The highest BCUT2D eigenvalue weighted by molar-refractivity contribution is 5.81. The van der Waals surface area contributed by atoms with Gasteiger partial charge in [0.15, 0.2) is 0 Å². The number of aliphatic hydroxyl groups excluding tert-OH is 2. The minimum Gasteiger partial charge on any atom is -0.480 e. The Morgan fingerprint density at radius 2 is 1.69 bits per heavy atom. The number of carbonyl (C=O) groups excluding carboxylic acids is 1. The molecule has 0 saturated heterocycles. The molecule has 0 aromatic heterocycles. The van der Waals surface area contributed by atoms with Crippen LogP contribution < -0.4 is 5.32 Å². The number of carbonyl (C=O) groups is 2. The molecule has 4 aliphatic rings. The summed E-state index contributed by atoms with van der Waals surface area (Å²) in [5.41, 5.74) is 0.451. The van der Waals surface area contributed by atoms with Crippen LogP contribution in [0.15, 0.2) is 0 Å². The van der Waals surface area contributed by atoms with Crippen LogP contribution >= 0.6 is 0 Å². The zero-order chi connectivity index (χ0) is 23.3. The van der Waals surface area contributed by atoms with Gasteiger partial charge in [-0.15, -0.1) is 0 Å². The molecule has 0 aliphatic heterocycles. The average Bonchev–Trinajstić information content (AvgIpc) is 3.09. The minimum atomic E-state index is -1.01. The van der Waals surface area contributed by atoms with Gasteiger partial charge in [-0.05, 0) is 104 Å². The molecular weight excluding hydrogens is 406 g/mol. The first-order valence-electron chi connectivity index (χ1n) is 12.9. The van der Waals surface area contributed by atoms with Gasteiger partial charge in [0.2, 0.25) is 5.91 Å². The van der Waals surface area contributed by atoms with Crippen LogP contribution in [-0.4, -0.2) is 45.9 Å². The molecule has 1 amide bonds. The van der Waals surface area contributed by atoms with E-state index in [1.807, 2.05) is 0 Å². The average molecular weight is 450 g/mol. The molecule has 0 spiro atoms. The lowest BCUT2D eigenvalue weighted by Crippen LogP contribution is -2.58. The topological polar surface area (TPSA) is 107 Å². The summed E-state index contributed by atoms with van der Waals surface area (Å²) in [6, 6.07) is 0. The van der Waals surface area contributed by atoms with Crippen molar-refractivity contribution in [3.05, 3.63) is 0 Å². The summed E-state index contributed by atoms with van der Waals surface area (Å²) >= 11 is 0. The van der Waals surface area contributed by atoms with Gasteiger partial charge >= 0.3 is 5.97 Å². The fourth-order valence-electron chi connectivity index (χ4n) is 9.00. The van der Waals surface area contributed by atoms with Crippen molar-refractivity contribution in [2.24, 2.45) is 46.3 Å². The lowest BCUT2D eigenvalue weighted by Gasteiger charge is -2.62. The lowest BCUT2D eigenvalue weighted by molar-refractivity contribution is -0.174. The van der Waals surface area contributed by atoms with Crippen LogP contribution in [0.3, 0.4) is 0 Å². The van der Waals surface area contributed by atoms with Crippen molar-refractivity contribution in [2.75, 3.05) is 6.54 Å². The number of aliphatic hydroxyl groups is 2. The van der Waals surface area contributed by atoms with E-state index >= 15 is 0 Å². The number of nitrogens with one attached hydrogen (secondary N) is 1. The molecule has 6 heteroatoms. The highest BCUT2D eigenvalue weighted by Crippen LogP contribution is 2.68. The predicted octanol–water partition coefficient (Wildman–Crippen LogP) is 3.59. The molecule has 0 heterocycles. The Balaban J connectivity index is 1.44. The SMILES string of the molecule is C[C@H](CCC(=O)NCC(=O)O)[C@H]1CC[C@H]2[C@@H]3[C@H](O)C[C@H]4C[C@H](O)CC[C@]4(C)[C@H]3CC[C@]12C. The first kappa shape index (κ1) is 24.0. The maximum Gasteiger partial charge on any atom is 0.322 e. The Kier molecular flexibility index (Phi) is 6.68. The maximum atomic E-state index is 12.0. The number of hydrogen-bond donors (Lipinski definition) is 4. The molecule has 0 bridgehead atoms. The van der Waals surface area contributed by atoms with Crippen LogP contribution in [0.5, 0.6) is 0 Å². The predicted molar refractivity (Wildman–Crippen MR) is 122 cm³/mol. The van der Waals surface area contributed by atoms with Gasteiger partial charge < -0.3 is 20.6 Å². The third kappa shape index (κ3) is 4.11. The Hall–Kier alpha value is -1.14. The summed E-state index contributed by atoms with van der Waals surface area (Å²) in [6.07, 6.45) is 9.06. The molecule has 0 aromatic rings. The molecular formula is C26H43NO5. The lowest BCUT2D eigenvalue weighted by atomic mass is 9.43. The van der Waals surface area contributed by atoms with E-state index in [0.717, 1.165) is 44.9 Å². The maximum absolute atomic E-state index is 12.0. The fraction of sp³-hybridized carbons (Fsp3) is 0.923. The van der Waals surface area contributed by atoms with Crippen molar-refractivity contribution >= 4 is 11.9 Å². The molecule has 182 valence electrons. The zero-order valence-corrected chi connectivity index (χ0v) is 20.1. The summed E-state index contributed by atoms with van der Waals surface area (Å²) in [7, 11) is 0. The van der Waals surface area contributed by atoms with Crippen molar-refractivity contribution in [2.45, 2.75) is 97.2 Å². The van der Waals surface area contributed by atoms with Crippen LogP contribution in [0, 0.1) is 46.3 Å². The van der Waals surface area contributed by atoms with E-state index in [1.54, 1.807) is 0 Å². The summed E-state index contributed by atoms with van der Waals surface area (Å²) < 4.78 is 0. The van der Waals surface area contributed by atoms with Crippen molar-refractivity contribution in [1.29, 1.82) is 0 Å². The standard InChI is InChI=1S/C26H43NO5/c1-15(4-7-22(30)27-14-23(31)32)18-5-6-19-24-20(9-11-26(18,19)3)25(2)10-8-17(28)12-16(25)13-21(24)29/h15-21,24,28-29H,4-14H2,1-3H3,(H,27,30)(H,31,32)/t15-,16-,17-,18-,19+,20+,21-,24+,25+,26-/m1/s1. The van der Waals surface area contributed by atoms with E-state index < -0.39 is 5.97 Å². The number of fused-ring (bicyclic) bond motifs is 5. The number of aliphatic carboxylic acids is 1. The monoisotopic (exact) mass is 449 g/mol. The molecule has 4 fully saturated rings. The van der Waals surface area contributed by atoms with Crippen LogP contribution in [0.4, 0.5) is 0 Å². The van der Waals surface area contributed by atoms with Gasteiger partial charge in [-0.25, -0.2) is 0 Å². The third-order valence-corrected chi connectivity index (χ3v) is 10.7. The normalized spacial score (nSPS) is 46.5. The Bertz CT molecular complexity index is 727. The second-order valence-corrected chi connectivity index (χ2v) is 12.1. The summed E-state index contributed by atoms with van der Waals surface area (Å²) in [5.74, 6) is 1.66. The molecule has 10 atom stereocenters. The molecule has 0 aromatic carbocycles. The quantitative estimate of drug-likeness (QED) is 0.496. The van der Waals surface area contributed by atoms with Gasteiger partial charge in [-0.3, -0.25) is 9.59 Å². The van der Waals surface area contributed by atoms with Crippen LogP contribution in [-0.2, 0) is 9.59 Å². The fourth-order valence-corrected chi connectivity index (χ4v) is 9.00. The highest BCUT2D eigenvalue weighted by atomic mass is 16.4. The summed E-state index contributed by atoms with van der Waals surface area (Å²) in [5, 5.41) is 32.8. The first-order chi connectivity index (χ1) is 15.1. The summed E-state index contributed by atoms with van der Waals surface area (Å²) in [6.45, 7) is 6.83. The number of hydrogen-bond acceptors (Lipinski definition) is 4. The van der Waals surface area contributed by atoms with E-state index in [4.69, 9.17) is 5.11 Å². The van der Waals surface area contributed by atoms with Crippen molar-refractivity contribution in [3.8, 4) is 0 Å². The Labute approximate surface area is 192 Å². The molecule has 0 unspecified atom stereocenters. The van der Waals surface area contributed by atoms with Crippen LogP contribution in [0.2, 0.25) is 0 Å². The molecule has 32 heavy (non-hydrogen) atoms. The number of rotatable bonds is 6. The van der Waals surface area contributed by atoms with E-state index in [0.29, 0.717) is 41.9 Å². The van der Waals surface area contributed by atoms with Crippen LogP contribution in [0.25, 0.3) is 0 Å². The van der Waals surface area contributed by atoms with Crippen molar-refractivity contribution in [1.82, 2.24) is 5.32 Å². The summed E-state index contributed by atoms with van der Waals surface area (Å²) in [4.78, 5) is 22.7. The van der Waals surface area contributed by atoms with Crippen LogP contribution in [0.1, 0.15) is 85.0 Å². The molecule has 4 N–H and O–H groups in total. The number of carboxylic acids is 1.